The van der Waals surface area contributed by atoms with E-state index in [1.54, 1.807) is 23.2 Å². The Morgan fingerprint density at radius 1 is 1.05 bits per heavy atom. The first kappa shape index (κ1) is 24.5. The molecule has 1 fully saturated rings. The molecule has 0 unspecified atom stereocenters. The minimum absolute atomic E-state index is 0.0822. The lowest BCUT2D eigenvalue weighted by Crippen LogP contribution is -2.44. The third-order valence-electron chi connectivity index (χ3n) is 6.43. The van der Waals surface area contributed by atoms with Gasteiger partial charge in [0.2, 0.25) is 5.95 Å². The molecule has 1 aromatic heterocycles. The number of halogens is 3. The summed E-state index contributed by atoms with van der Waals surface area (Å²) in [5, 5.41) is 6.57. The molecular weight excluding hydrogens is 481 g/mol. The van der Waals surface area contributed by atoms with Crippen LogP contribution in [-0.4, -0.2) is 42.1 Å². The van der Waals surface area contributed by atoms with Gasteiger partial charge in [-0.2, -0.15) is 13.2 Å². The fourth-order valence-corrected chi connectivity index (χ4v) is 4.52. The zero-order chi connectivity index (χ0) is 26.2. The Kier molecular flexibility index (Phi) is 6.43. The Balaban J connectivity index is 1.43. The molecule has 4 aromatic rings. The van der Waals surface area contributed by atoms with Crippen molar-refractivity contribution in [3.63, 3.8) is 0 Å². The van der Waals surface area contributed by atoms with E-state index in [0.717, 1.165) is 28.1 Å². The first-order valence-electron chi connectivity index (χ1n) is 11.8. The molecule has 190 valence electrons. The van der Waals surface area contributed by atoms with Crippen molar-refractivity contribution >= 4 is 34.1 Å². The van der Waals surface area contributed by atoms with Crippen LogP contribution < -0.4 is 21.3 Å². The zero-order valence-electron chi connectivity index (χ0n) is 20.1. The topological polar surface area (TPSA) is 96.2 Å². The molecule has 10 heteroatoms. The van der Waals surface area contributed by atoms with Crippen LogP contribution >= 0.6 is 0 Å². The van der Waals surface area contributed by atoms with Crippen molar-refractivity contribution in [1.29, 1.82) is 0 Å². The Hall–Kier alpha value is -4.18. The van der Waals surface area contributed by atoms with E-state index in [4.69, 9.17) is 5.73 Å². The third-order valence-corrected chi connectivity index (χ3v) is 6.43. The summed E-state index contributed by atoms with van der Waals surface area (Å²) < 4.78 is 41.7. The summed E-state index contributed by atoms with van der Waals surface area (Å²) >= 11 is 0. The molecule has 7 nitrogen and oxygen atoms in total. The molecule has 37 heavy (non-hydrogen) atoms. The lowest BCUT2D eigenvalue weighted by Gasteiger charge is -2.31. The lowest BCUT2D eigenvalue weighted by atomic mass is 9.97. The first-order chi connectivity index (χ1) is 17.7. The average Bonchev–Trinajstić information content (AvgIpc) is 2.88. The highest BCUT2D eigenvalue weighted by atomic mass is 19.4. The van der Waals surface area contributed by atoms with Crippen molar-refractivity contribution in [1.82, 2.24) is 15.3 Å². The summed E-state index contributed by atoms with van der Waals surface area (Å²) in [6.45, 7) is 4.11. The van der Waals surface area contributed by atoms with Gasteiger partial charge in [0.1, 0.15) is 0 Å². The van der Waals surface area contributed by atoms with Crippen molar-refractivity contribution in [3.05, 3.63) is 77.5 Å². The monoisotopic (exact) mass is 506 g/mol. The quantitative estimate of drug-likeness (QED) is 0.366. The number of rotatable bonds is 4. The third kappa shape index (κ3) is 5.19. The number of nitrogens with one attached hydrogen (secondary N) is 2. The Morgan fingerprint density at radius 3 is 2.59 bits per heavy atom. The predicted octanol–water partition coefficient (Wildman–Crippen LogP) is 4.87. The molecule has 1 saturated heterocycles. The highest BCUT2D eigenvalue weighted by Gasteiger charge is 2.35. The number of benzene rings is 3. The molecule has 3 aromatic carbocycles. The maximum absolute atomic E-state index is 13.9. The second kappa shape index (κ2) is 9.70. The van der Waals surface area contributed by atoms with Crippen LogP contribution in [0, 0.1) is 6.92 Å². The van der Waals surface area contributed by atoms with Crippen LogP contribution in [0.2, 0.25) is 0 Å². The largest absolute Gasteiger partial charge is 0.418 e. The summed E-state index contributed by atoms with van der Waals surface area (Å²) in [7, 11) is 0. The van der Waals surface area contributed by atoms with Gasteiger partial charge in [-0.05, 0) is 66.1 Å². The number of amides is 1. The molecule has 0 spiro atoms. The van der Waals surface area contributed by atoms with Crippen LogP contribution in [0.3, 0.4) is 0 Å². The summed E-state index contributed by atoms with van der Waals surface area (Å²) in [5.41, 5.74) is 8.73. The number of hydrogen-bond acceptors (Lipinski definition) is 6. The molecule has 1 aliphatic heterocycles. The molecule has 0 atom stereocenters. The van der Waals surface area contributed by atoms with Gasteiger partial charge in [-0.15, -0.1) is 0 Å². The van der Waals surface area contributed by atoms with E-state index in [0.29, 0.717) is 37.3 Å². The number of alkyl halides is 3. The highest BCUT2D eigenvalue weighted by molar-refractivity contribution is 6.05. The SMILES string of the molecule is Cc1ccc(C(=O)Nc2ccc(N3CCNCC3)c(C(F)(F)F)c2)cc1-c1ccc2nc(N)ncc2c1. The van der Waals surface area contributed by atoms with Crippen molar-refractivity contribution in [2.75, 3.05) is 42.1 Å². The maximum Gasteiger partial charge on any atom is 0.418 e. The van der Waals surface area contributed by atoms with Gasteiger partial charge in [-0.25, -0.2) is 9.97 Å². The zero-order valence-corrected chi connectivity index (χ0v) is 20.1. The smallest absolute Gasteiger partial charge is 0.368 e. The van der Waals surface area contributed by atoms with E-state index in [1.165, 1.54) is 12.1 Å². The number of nitrogens with two attached hydrogens (primary N) is 1. The molecule has 0 bridgehead atoms. The van der Waals surface area contributed by atoms with Crippen molar-refractivity contribution in [3.8, 4) is 11.1 Å². The van der Waals surface area contributed by atoms with E-state index in [9.17, 15) is 18.0 Å². The number of carbonyl (C=O) groups excluding carboxylic acids is 1. The summed E-state index contributed by atoms with van der Waals surface area (Å²) in [6.07, 6.45) is -2.92. The average molecular weight is 507 g/mol. The Labute approximate surface area is 211 Å². The summed E-state index contributed by atoms with van der Waals surface area (Å²) in [6, 6.07) is 14.7. The number of carbonyl (C=O) groups is 1. The van der Waals surface area contributed by atoms with Gasteiger partial charge in [0.25, 0.3) is 5.91 Å². The molecule has 2 heterocycles. The molecule has 1 aliphatic rings. The van der Waals surface area contributed by atoms with E-state index >= 15 is 0 Å². The van der Waals surface area contributed by atoms with E-state index < -0.39 is 17.6 Å². The van der Waals surface area contributed by atoms with Crippen LogP contribution in [0.5, 0.6) is 0 Å². The number of fused-ring (bicyclic) bond motifs is 1. The van der Waals surface area contributed by atoms with Crippen molar-refractivity contribution < 1.29 is 18.0 Å². The fraction of sp³-hybridized carbons (Fsp3) is 0.222. The second-order valence-corrected chi connectivity index (χ2v) is 8.95. The molecule has 1 amide bonds. The number of aromatic nitrogens is 2. The van der Waals surface area contributed by atoms with Crippen LogP contribution in [0.4, 0.5) is 30.5 Å². The van der Waals surface area contributed by atoms with E-state index in [1.807, 2.05) is 31.2 Å². The van der Waals surface area contributed by atoms with Gasteiger partial charge in [-0.1, -0.05) is 12.1 Å². The minimum Gasteiger partial charge on any atom is -0.368 e. The van der Waals surface area contributed by atoms with Crippen LogP contribution in [0.25, 0.3) is 22.0 Å². The first-order valence-corrected chi connectivity index (χ1v) is 11.8. The van der Waals surface area contributed by atoms with Gasteiger partial charge >= 0.3 is 6.18 Å². The molecule has 0 aliphatic carbocycles. The van der Waals surface area contributed by atoms with Crippen LogP contribution in [0.15, 0.2) is 60.8 Å². The molecular formula is C27H25F3N6O. The van der Waals surface area contributed by atoms with Crippen LogP contribution in [0.1, 0.15) is 21.5 Å². The van der Waals surface area contributed by atoms with Gasteiger partial charge in [0, 0.05) is 54.7 Å². The maximum atomic E-state index is 13.9. The molecule has 5 rings (SSSR count). The van der Waals surface area contributed by atoms with Gasteiger partial charge in [0.05, 0.1) is 11.1 Å². The number of nitrogen functional groups attached to an aromatic ring is 1. The minimum atomic E-state index is -4.55. The standard InChI is InChI=1S/C27H25F3N6O/c1-16-2-3-18(13-21(16)17-4-6-23-19(12-17)15-33-26(31)35-23)25(37)34-20-5-7-24(22(14-20)27(28,29)30)36-10-8-32-9-11-36/h2-7,12-15,32H,8-11H2,1H3,(H,34,37)(H2,31,33,35). The predicted molar refractivity (Wildman–Crippen MR) is 139 cm³/mol. The molecule has 4 N–H and O–H groups in total. The second-order valence-electron chi connectivity index (χ2n) is 8.95. The van der Waals surface area contributed by atoms with E-state index in [2.05, 4.69) is 20.6 Å². The van der Waals surface area contributed by atoms with E-state index in [-0.39, 0.29) is 17.3 Å². The number of aryl methyl sites for hydroxylation is 1. The highest BCUT2D eigenvalue weighted by Crippen LogP contribution is 2.38. The molecule has 0 saturated carbocycles. The summed E-state index contributed by atoms with van der Waals surface area (Å²) in [5.74, 6) is -0.314. The number of piperazine rings is 1. The fourth-order valence-electron chi connectivity index (χ4n) is 4.52. The van der Waals surface area contributed by atoms with Gasteiger partial charge in [-0.3, -0.25) is 4.79 Å². The van der Waals surface area contributed by atoms with Crippen molar-refractivity contribution in [2.24, 2.45) is 0 Å². The number of hydrogen-bond donors (Lipinski definition) is 3. The molecule has 0 radical (unpaired) electrons. The number of anilines is 3. The Bertz CT molecular complexity index is 1480. The lowest BCUT2D eigenvalue weighted by molar-refractivity contribution is -0.137. The van der Waals surface area contributed by atoms with Crippen molar-refractivity contribution in [2.45, 2.75) is 13.1 Å². The van der Waals surface area contributed by atoms with Gasteiger partial charge < -0.3 is 21.3 Å². The summed E-state index contributed by atoms with van der Waals surface area (Å²) in [4.78, 5) is 23.0. The van der Waals surface area contributed by atoms with Gasteiger partial charge in [0.15, 0.2) is 0 Å². The Morgan fingerprint density at radius 2 is 1.84 bits per heavy atom. The number of nitrogens with zero attached hydrogens (tertiary/aromatic N) is 3. The normalized spacial score (nSPS) is 14.1. The van der Waals surface area contributed by atoms with Crippen LogP contribution in [-0.2, 0) is 6.18 Å².